The first-order valence-electron chi connectivity index (χ1n) is 11.8. The summed E-state index contributed by atoms with van der Waals surface area (Å²) in [7, 11) is 3.90. The van der Waals surface area contributed by atoms with E-state index in [0.717, 1.165) is 37.3 Å². The number of carbonyl (C=O) groups is 2. The van der Waals surface area contributed by atoms with Gasteiger partial charge in [-0.05, 0) is 62.9 Å². The number of halogens is 1. The molecule has 0 saturated heterocycles. The summed E-state index contributed by atoms with van der Waals surface area (Å²) in [4.78, 5) is 36.9. The smallest absolute Gasteiger partial charge is 0.252 e. The van der Waals surface area contributed by atoms with E-state index in [0.29, 0.717) is 22.5 Å². The van der Waals surface area contributed by atoms with Crippen molar-refractivity contribution >= 4 is 23.3 Å². The van der Waals surface area contributed by atoms with Gasteiger partial charge in [-0.2, -0.15) is 0 Å². The Morgan fingerprint density at radius 1 is 0.914 bits per heavy atom. The molecule has 182 valence electrons. The maximum atomic E-state index is 13.2. The number of ketones is 1. The number of benzene rings is 2. The summed E-state index contributed by atoms with van der Waals surface area (Å²) in [5.41, 5.74) is 0.980. The molecule has 0 bridgehead atoms. The van der Waals surface area contributed by atoms with Gasteiger partial charge in [0.2, 0.25) is 0 Å². The van der Waals surface area contributed by atoms with E-state index in [-0.39, 0.29) is 23.8 Å². The summed E-state index contributed by atoms with van der Waals surface area (Å²) in [6, 6.07) is 14.3. The van der Waals surface area contributed by atoms with Crippen molar-refractivity contribution in [2.45, 2.75) is 44.7 Å². The molecule has 0 atom stereocenters. The minimum atomic E-state index is -0.411. The molecule has 8 heteroatoms. The molecule has 3 aromatic rings. The van der Waals surface area contributed by atoms with Gasteiger partial charge in [0.15, 0.2) is 5.78 Å². The number of carbonyl (C=O) groups excluding carboxylic acids is 2. The Labute approximate surface area is 204 Å². The van der Waals surface area contributed by atoms with Gasteiger partial charge in [-0.1, -0.05) is 18.2 Å². The highest BCUT2D eigenvalue weighted by molar-refractivity contribution is 6.15. The number of nitrogens with one attached hydrogen (secondary N) is 2. The molecule has 1 saturated carbocycles. The van der Waals surface area contributed by atoms with E-state index in [1.807, 2.05) is 32.0 Å². The molecular formula is C27H30FN5O2. The van der Waals surface area contributed by atoms with Crippen LogP contribution in [0.3, 0.4) is 0 Å². The summed E-state index contributed by atoms with van der Waals surface area (Å²) < 4.78 is 13.2. The predicted molar refractivity (Wildman–Crippen MR) is 135 cm³/mol. The number of hydrogen-bond donors (Lipinski definition) is 2. The van der Waals surface area contributed by atoms with E-state index < -0.39 is 5.82 Å². The third-order valence-corrected chi connectivity index (χ3v) is 6.22. The SMILES string of the molecule is Cc1nc(NC2CCC(NC(=O)c3ccccc3C(=O)c3ccc(F)cc3)CC2)cc(N(C)C)n1. The van der Waals surface area contributed by atoms with Gasteiger partial charge in [0, 0.05) is 43.4 Å². The second kappa shape index (κ2) is 10.6. The molecule has 0 spiro atoms. The fraction of sp³-hybridized carbons (Fsp3) is 0.333. The lowest BCUT2D eigenvalue weighted by molar-refractivity contribution is 0.0917. The van der Waals surface area contributed by atoms with E-state index in [1.165, 1.54) is 24.3 Å². The lowest BCUT2D eigenvalue weighted by Gasteiger charge is -2.30. The van der Waals surface area contributed by atoms with Crippen molar-refractivity contribution in [2.75, 3.05) is 24.3 Å². The lowest BCUT2D eigenvalue weighted by Crippen LogP contribution is -2.40. The highest BCUT2D eigenvalue weighted by Gasteiger charge is 2.25. The van der Waals surface area contributed by atoms with E-state index >= 15 is 0 Å². The number of rotatable bonds is 7. The molecule has 7 nitrogen and oxygen atoms in total. The first kappa shape index (κ1) is 24.3. The van der Waals surface area contributed by atoms with Crippen LogP contribution in [-0.2, 0) is 0 Å². The Morgan fingerprint density at radius 3 is 2.20 bits per heavy atom. The van der Waals surface area contributed by atoms with Crippen molar-refractivity contribution < 1.29 is 14.0 Å². The molecule has 0 radical (unpaired) electrons. The average Bonchev–Trinajstić information content (AvgIpc) is 2.85. The van der Waals surface area contributed by atoms with Crippen LogP contribution in [0.1, 0.15) is 57.8 Å². The standard InChI is InChI=1S/C27H30FN5O2/c1-17-29-24(16-25(30-17)33(2)3)31-20-12-14-21(15-13-20)32-27(35)23-7-5-4-6-22(23)26(34)18-8-10-19(28)11-9-18/h4-11,16,20-21H,12-15H2,1-3H3,(H,32,35)(H,29,30,31). The second-order valence-electron chi connectivity index (χ2n) is 9.10. The second-order valence-corrected chi connectivity index (χ2v) is 9.10. The van der Waals surface area contributed by atoms with Gasteiger partial charge in [-0.15, -0.1) is 0 Å². The maximum absolute atomic E-state index is 13.2. The Morgan fingerprint density at radius 2 is 1.54 bits per heavy atom. The predicted octanol–water partition coefficient (Wildman–Crippen LogP) is 4.37. The van der Waals surface area contributed by atoms with Crippen LogP contribution >= 0.6 is 0 Å². The molecule has 2 aromatic carbocycles. The number of amides is 1. The normalized spacial score (nSPS) is 17.5. The van der Waals surface area contributed by atoms with Crippen molar-refractivity contribution in [1.82, 2.24) is 15.3 Å². The van der Waals surface area contributed by atoms with Crippen molar-refractivity contribution in [3.8, 4) is 0 Å². The molecule has 1 aliphatic rings. The van der Waals surface area contributed by atoms with E-state index in [2.05, 4.69) is 20.6 Å². The van der Waals surface area contributed by atoms with Gasteiger partial charge in [-0.3, -0.25) is 9.59 Å². The van der Waals surface area contributed by atoms with Gasteiger partial charge in [0.25, 0.3) is 5.91 Å². The van der Waals surface area contributed by atoms with E-state index in [4.69, 9.17) is 0 Å². The van der Waals surface area contributed by atoms with Gasteiger partial charge >= 0.3 is 0 Å². The minimum absolute atomic E-state index is 0.0269. The highest BCUT2D eigenvalue weighted by Crippen LogP contribution is 2.24. The molecule has 1 heterocycles. The molecule has 35 heavy (non-hydrogen) atoms. The molecule has 0 unspecified atom stereocenters. The van der Waals surface area contributed by atoms with Crippen LogP contribution in [0.5, 0.6) is 0 Å². The van der Waals surface area contributed by atoms with Crippen molar-refractivity contribution in [3.63, 3.8) is 0 Å². The first-order chi connectivity index (χ1) is 16.8. The Bertz CT molecular complexity index is 1200. The average molecular weight is 476 g/mol. The minimum Gasteiger partial charge on any atom is -0.367 e. The van der Waals surface area contributed by atoms with Crippen molar-refractivity contribution in [1.29, 1.82) is 0 Å². The number of hydrogen-bond acceptors (Lipinski definition) is 6. The zero-order valence-electron chi connectivity index (χ0n) is 20.2. The fourth-order valence-corrected chi connectivity index (χ4v) is 4.35. The molecule has 1 amide bonds. The summed E-state index contributed by atoms with van der Waals surface area (Å²) in [5, 5.41) is 6.60. The highest BCUT2D eigenvalue weighted by atomic mass is 19.1. The topological polar surface area (TPSA) is 87.2 Å². The third-order valence-electron chi connectivity index (χ3n) is 6.22. The lowest BCUT2D eigenvalue weighted by atomic mass is 9.90. The Balaban J connectivity index is 1.37. The molecule has 1 fully saturated rings. The van der Waals surface area contributed by atoms with E-state index in [9.17, 15) is 14.0 Å². The molecule has 1 aliphatic carbocycles. The van der Waals surface area contributed by atoms with Crippen LogP contribution in [0.2, 0.25) is 0 Å². The number of aromatic nitrogens is 2. The van der Waals surface area contributed by atoms with Crippen molar-refractivity contribution in [2.24, 2.45) is 0 Å². The summed E-state index contributed by atoms with van der Waals surface area (Å²) >= 11 is 0. The molecule has 1 aromatic heterocycles. The van der Waals surface area contributed by atoms with Crippen LogP contribution in [0.15, 0.2) is 54.6 Å². The van der Waals surface area contributed by atoms with Gasteiger partial charge < -0.3 is 15.5 Å². The van der Waals surface area contributed by atoms with Crippen molar-refractivity contribution in [3.05, 3.63) is 82.9 Å². The van der Waals surface area contributed by atoms with Gasteiger partial charge in [0.05, 0.1) is 5.56 Å². The molecule has 0 aliphatic heterocycles. The maximum Gasteiger partial charge on any atom is 0.252 e. The summed E-state index contributed by atoms with van der Waals surface area (Å²) in [6.07, 6.45) is 3.42. The van der Waals surface area contributed by atoms with E-state index in [1.54, 1.807) is 24.3 Å². The summed E-state index contributed by atoms with van der Waals surface area (Å²) in [5.74, 6) is 1.39. The Kier molecular flexibility index (Phi) is 7.39. The number of aryl methyl sites for hydroxylation is 1. The third kappa shape index (κ3) is 6.01. The quantitative estimate of drug-likeness (QED) is 0.494. The largest absolute Gasteiger partial charge is 0.367 e. The summed E-state index contributed by atoms with van der Waals surface area (Å²) in [6.45, 7) is 1.88. The van der Waals surface area contributed by atoms with Crippen LogP contribution in [0.4, 0.5) is 16.0 Å². The fourth-order valence-electron chi connectivity index (χ4n) is 4.35. The Hall–Kier alpha value is -3.81. The van der Waals surface area contributed by atoms with Crippen LogP contribution < -0.4 is 15.5 Å². The van der Waals surface area contributed by atoms with Crippen LogP contribution in [0, 0.1) is 12.7 Å². The van der Waals surface area contributed by atoms with Gasteiger partial charge in [-0.25, -0.2) is 14.4 Å². The number of anilines is 2. The monoisotopic (exact) mass is 475 g/mol. The molecular weight excluding hydrogens is 445 g/mol. The molecule has 4 rings (SSSR count). The number of nitrogens with zero attached hydrogens (tertiary/aromatic N) is 3. The zero-order chi connectivity index (χ0) is 24.9. The zero-order valence-corrected chi connectivity index (χ0v) is 20.2. The first-order valence-corrected chi connectivity index (χ1v) is 11.8. The van der Waals surface area contributed by atoms with Crippen LogP contribution in [0.25, 0.3) is 0 Å². The molecule has 2 N–H and O–H groups in total. The van der Waals surface area contributed by atoms with Crippen LogP contribution in [-0.4, -0.2) is 47.8 Å². The van der Waals surface area contributed by atoms with Gasteiger partial charge in [0.1, 0.15) is 23.3 Å².